The van der Waals surface area contributed by atoms with Gasteiger partial charge in [0.05, 0.1) is 15.9 Å². The first-order chi connectivity index (χ1) is 15.3. The summed E-state index contributed by atoms with van der Waals surface area (Å²) in [6.45, 7) is 5.25. The van der Waals surface area contributed by atoms with E-state index >= 15 is 0 Å². The standard InChI is InChI=1S/C23H39N3O5S/c1-4-5-6-17-24(2)18-7-8-19-31-22-13-9-20(10-14-22)25(3)32(29,30)23-15-11-21(12-16-23)26(27)28/h11-12,15-16,20,22H,4-10,13-14,17-19H2,1-3H3/t20-,22-. The molecule has 2 rings (SSSR count). The number of nitrogens with zero attached hydrogens (tertiary/aromatic N) is 3. The molecule has 0 N–H and O–H groups in total. The molecular formula is C23H39N3O5S. The molecule has 8 nitrogen and oxygen atoms in total. The number of nitro benzene ring substituents is 1. The molecule has 0 heterocycles. The zero-order valence-corrected chi connectivity index (χ0v) is 20.6. The third kappa shape index (κ3) is 8.10. The van der Waals surface area contributed by atoms with E-state index in [-0.39, 0.29) is 22.7 Å². The fourth-order valence-electron chi connectivity index (χ4n) is 4.16. The predicted octanol–water partition coefficient (Wildman–Crippen LogP) is 4.45. The van der Waals surface area contributed by atoms with Gasteiger partial charge < -0.3 is 9.64 Å². The van der Waals surface area contributed by atoms with Crippen molar-refractivity contribution in [3.8, 4) is 0 Å². The van der Waals surface area contributed by atoms with Crippen molar-refractivity contribution in [1.82, 2.24) is 9.21 Å². The molecule has 9 heteroatoms. The number of hydrogen-bond acceptors (Lipinski definition) is 6. The van der Waals surface area contributed by atoms with E-state index in [4.69, 9.17) is 4.74 Å². The lowest BCUT2D eigenvalue weighted by Gasteiger charge is -2.34. The Bertz CT molecular complexity index is 792. The Morgan fingerprint density at radius 3 is 2.16 bits per heavy atom. The summed E-state index contributed by atoms with van der Waals surface area (Å²) in [4.78, 5) is 12.7. The topological polar surface area (TPSA) is 93.0 Å². The second-order valence-electron chi connectivity index (χ2n) is 8.79. The van der Waals surface area contributed by atoms with Gasteiger partial charge in [-0.05, 0) is 77.2 Å². The summed E-state index contributed by atoms with van der Waals surface area (Å²) in [7, 11) is 0.102. The highest BCUT2D eigenvalue weighted by atomic mass is 32.2. The summed E-state index contributed by atoms with van der Waals surface area (Å²) < 4.78 is 33.3. The monoisotopic (exact) mass is 469 g/mol. The van der Waals surface area contributed by atoms with E-state index in [1.54, 1.807) is 7.05 Å². The summed E-state index contributed by atoms with van der Waals surface area (Å²) in [5.74, 6) is 0. The Hall–Kier alpha value is -1.55. The van der Waals surface area contributed by atoms with Crippen LogP contribution >= 0.6 is 0 Å². The molecule has 182 valence electrons. The summed E-state index contributed by atoms with van der Waals surface area (Å²) in [6.07, 6.45) is 9.40. The Labute approximate surface area is 193 Å². The maximum Gasteiger partial charge on any atom is 0.269 e. The van der Waals surface area contributed by atoms with Gasteiger partial charge in [0, 0.05) is 31.8 Å². The van der Waals surface area contributed by atoms with Crippen molar-refractivity contribution in [3.05, 3.63) is 34.4 Å². The molecule has 1 aromatic rings. The van der Waals surface area contributed by atoms with Gasteiger partial charge in [-0.3, -0.25) is 10.1 Å². The minimum Gasteiger partial charge on any atom is -0.378 e. The van der Waals surface area contributed by atoms with Crippen LogP contribution in [0.1, 0.15) is 64.7 Å². The molecule has 0 aliphatic heterocycles. The molecular weight excluding hydrogens is 430 g/mol. The fourth-order valence-corrected chi connectivity index (χ4v) is 5.57. The van der Waals surface area contributed by atoms with Gasteiger partial charge in [0.25, 0.3) is 5.69 Å². The number of ether oxygens (including phenoxy) is 1. The third-order valence-electron chi connectivity index (χ3n) is 6.31. The smallest absolute Gasteiger partial charge is 0.269 e. The average molecular weight is 470 g/mol. The van der Waals surface area contributed by atoms with Crippen molar-refractivity contribution in [2.45, 2.75) is 81.8 Å². The van der Waals surface area contributed by atoms with E-state index in [0.717, 1.165) is 58.2 Å². The minimum absolute atomic E-state index is 0.0770. The van der Waals surface area contributed by atoms with E-state index in [2.05, 4.69) is 18.9 Å². The normalized spacial score (nSPS) is 19.5. The van der Waals surface area contributed by atoms with Gasteiger partial charge in [0.2, 0.25) is 10.0 Å². The summed E-state index contributed by atoms with van der Waals surface area (Å²) in [5, 5.41) is 10.8. The Balaban J connectivity index is 1.70. The van der Waals surface area contributed by atoms with Gasteiger partial charge >= 0.3 is 0 Å². The van der Waals surface area contributed by atoms with Crippen LogP contribution in [0.3, 0.4) is 0 Å². The van der Waals surface area contributed by atoms with E-state index in [1.165, 1.54) is 47.8 Å². The second kappa shape index (κ2) is 13.2. The molecule has 0 unspecified atom stereocenters. The molecule has 0 amide bonds. The van der Waals surface area contributed by atoms with Crippen LogP contribution in [-0.2, 0) is 14.8 Å². The molecule has 32 heavy (non-hydrogen) atoms. The largest absolute Gasteiger partial charge is 0.378 e. The van der Waals surface area contributed by atoms with Crippen LogP contribution in [0.25, 0.3) is 0 Å². The minimum atomic E-state index is -3.67. The first-order valence-electron chi connectivity index (χ1n) is 11.8. The van der Waals surface area contributed by atoms with Crippen molar-refractivity contribution in [2.24, 2.45) is 0 Å². The number of unbranched alkanes of at least 4 members (excludes halogenated alkanes) is 3. The number of nitro groups is 1. The third-order valence-corrected chi connectivity index (χ3v) is 8.24. The summed E-state index contributed by atoms with van der Waals surface area (Å²) in [6, 6.07) is 5.00. The maximum absolute atomic E-state index is 12.9. The Morgan fingerprint density at radius 2 is 1.59 bits per heavy atom. The van der Waals surface area contributed by atoms with E-state index in [0.29, 0.717) is 0 Å². The van der Waals surface area contributed by atoms with Gasteiger partial charge in [-0.2, -0.15) is 4.31 Å². The molecule has 0 atom stereocenters. The van der Waals surface area contributed by atoms with Gasteiger partial charge in [0.1, 0.15) is 0 Å². The van der Waals surface area contributed by atoms with Crippen molar-refractivity contribution >= 4 is 15.7 Å². The second-order valence-corrected chi connectivity index (χ2v) is 10.8. The highest BCUT2D eigenvalue weighted by Crippen LogP contribution is 2.29. The Kier molecular flexibility index (Phi) is 11.0. The highest BCUT2D eigenvalue weighted by molar-refractivity contribution is 7.89. The predicted molar refractivity (Wildman–Crippen MR) is 126 cm³/mol. The van der Waals surface area contributed by atoms with E-state index in [9.17, 15) is 18.5 Å². The van der Waals surface area contributed by atoms with Crippen LogP contribution < -0.4 is 0 Å². The molecule has 0 spiro atoms. The molecule has 0 aromatic heterocycles. The van der Waals surface area contributed by atoms with E-state index < -0.39 is 14.9 Å². The number of rotatable bonds is 14. The van der Waals surface area contributed by atoms with E-state index in [1.807, 2.05) is 0 Å². The molecule has 1 aliphatic carbocycles. The van der Waals surface area contributed by atoms with Gasteiger partial charge in [-0.1, -0.05) is 19.8 Å². The molecule has 0 radical (unpaired) electrons. The molecule has 0 saturated heterocycles. The number of hydrogen-bond donors (Lipinski definition) is 0. The highest BCUT2D eigenvalue weighted by Gasteiger charge is 2.32. The van der Waals surface area contributed by atoms with Crippen molar-refractivity contribution < 1.29 is 18.1 Å². The van der Waals surface area contributed by atoms with Crippen LogP contribution in [-0.4, -0.2) is 68.5 Å². The van der Waals surface area contributed by atoms with Gasteiger partial charge in [-0.15, -0.1) is 0 Å². The number of sulfonamides is 1. The SMILES string of the molecule is CCCCCN(C)CCCCO[C@H]1CC[C@H](N(C)S(=O)(=O)c2ccc([N+](=O)[O-])cc2)CC1. The van der Waals surface area contributed by atoms with Gasteiger partial charge in [0.15, 0.2) is 0 Å². The zero-order valence-electron chi connectivity index (χ0n) is 19.7. The lowest BCUT2D eigenvalue weighted by molar-refractivity contribution is -0.384. The first-order valence-corrected chi connectivity index (χ1v) is 13.2. The van der Waals surface area contributed by atoms with Crippen LogP contribution in [0.15, 0.2) is 29.2 Å². The lowest BCUT2D eigenvalue weighted by Crippen LogP contribution is -2.40. The molecule has 1 aliphatic rings. The van der Waals surface area contributed by atoms with Crippen molar-refractivity contribution in [2.75, 3.05) is 33.8 Å². The summed E-state index contributed by atoms with van der Waals surface area (Å²) in [5.41, 5.74) is -0.118. The molecule has 0 bridgehead atoms. The molecule has 1 aromatic carbocycles. The van der Waals surface area contributed by atoms with Crippen molar-refractivity contribution in [1.29, 1.82) is 0 Å². The molecule has 1 fully saturated rings. The average Bonchev–Trinajstić information content (AvgIpc) is 2.79. The van der Waals surface area contributed by atoms with Crippen LogP contribution in [0.4, 0.5) is 5.69 Å². The zero-order chi connectivity index (χ0) is 23.6. The molecule has 1 saturated carbocycles. The van der Waals surface area contributed by atoms with Gasteiger partial charge in [-0.25, -0.2) is 8.42 Å². The maximum atomic E-state index is 12.9. The quantitative estimate of drug-likeness (QED) is 0.227. The van der Waals surface area contributed by atoms with Crippen LogP contribution in [0.5, 0.6) is 0 Å². The lowest BCUT2D eigenvalue weighted by atomic mass is 9.93. The number of non-ortho nitro benzene ring substituents is 1. The first kappa shape index (κ1) is 26.7. The Morgan fingerprint density at radius 1 is 1.00 bits per heavy atom. The fraction of sp³-hybridized carbons (Fsp3) is 0.739. The van der Waals surface area contributed by atoms with Crippen LogP contribution in [0, 0.1) is 10.1 Å². The summed E-state index contributed by atoms with van der Waals surface area (Å²) >= 11 is 0. The number of benzene rings is 1. The van der Waals surface area contributed by atoms with Crippen molar-refractivity contribution in [3.63, 3.8) is 0 Å². The van der Waals surface area contributed by atoms with Crippen LogP contribution in [0.2, 0.25) is 0 Å².